The van der Waals surface area contributed by atoms with Crippen molar-refractivity contribution in [3.63, 3.8) is 0 Å². The summed E-state index contributed by atoms with van der Waals surface area (Å²) in [5, 5.41) is 6.54. The molecule has 0 fully saturated rings. The summed E-state index contributed by atoms with van der Waals surface area (Å²) in [5.41, 5.74) is 1.66. The van der Waals surface area contributed by atoms with Gasteiger partial charge in [-0.3, -0.25) is 14.4 Å². The van der Waals surface area contributed by atoms with Gasteiger partial charge in [-0.05, 0) is 73.0 Å². The second kappa shape index (κ2) is 16.3. The van der Waals surface area contributed by atoms with Crippen LogP contribution in [0.25, 0.3) is 10.9 Å². The number of carbonyl (C=O) groups excluding carboxylic acids is 3. The molecule has 288 valence electrons. The van der Waals surface area contributed by atoms with Crippen LogP contribution in [-0.2, 0) is 41.7 Å². The Bertz CT molecular complexity index is 2300. The summed E-state index contributed by atoms with van der Waals surface area (Å²) in [7, 11) is -4.13. The molecule has 55 heavy (non-hydrogen) atoms. The van der Waals surface area contributed by atoms with Crippen molar-refractivity contribution >= 4 is 38.7 Å². The first-order valence-corrected chi connectivity index (χ1v) is 19.0. The number of H-pyrrole nitrogens is 1. The number of esters is 1. The van der Waals surface area contributed by atoms with Crippen LogP contribution in [0.2, 0.25) is 0 Å². The molecular weight excluding hydrogens is 738 g/mol. The summed E-state index contributed by atoms with van der Waals surface area (Å²) in [6.45, 7) is 3.32. The van der Waals surface area contributed by atoms with Gasteiger partial charge >= 0.3 is 12.1 Å². The van der Waals surface area contributed by atoms with Gasteiger partial charge in [0, 0.05) is 36.1 Å². The van der Waals surface area contributed by atoms with Crippen molar-refractivity contribution in [2.45, 2.75) is 62.4 Å². The third-order valence-electron chi connectivity index (χ3n) is 9.31. The van der Waals surface area contributed by atoms with E-state index in [2.05, 4.69) is 15.6 Å². The topological polar surface area (TPSA) is 149 Å². The Morgan fingerprint density at radius 3 is 2.36 bits per heavy atom. The molecule has 3 N–H and O–H groups in total. The van der Waals surface area contributed by atoms with Gasteiger partial charge in [0.05, 0.1) is 35.2 Å². The zero-order valence-electron chi connectivity index (χ0n) is 29.9. The highest BCUT2D eigenvalue weighted by Crippen LogP contribution is 2.31. The smallest absolute Gasteiger partial charge is 0.416 e. The highest BCUT2D eigenvalue weighted by atomic mass is 32.2. The fraction of sp³-hybridized carbons (Fsp3) is 0.275. The van der Waals surface area contributed by atoms with Crippen LogP contribution in [0, 0.1) is 12.8 Å². The molecule has 0 bridgehead atoms. The van der Waals surface area contributed by atoms with E-state index in [1.165, 1.54) is 18.3 Å². The number of amides is 2. The Hall–Kier alpha value is -5.83. The predicted octanol–water partition coefficient (Wildman–Crippen LogP) is 6.40. The van der Waals surface area contributed by atoms with E-state index in [1.54, 1.807) is 49.5 Å². The number of nitrogens with zero attached hydrogens (tertiary/aromatic N) is 1. The molecule has 2 aromatic heterocycles. The monoisotopic (exact) mass is 776 g/mol. The number of cyclic esters (lactones) is 1. The largest absolute Gasteiger partial charge is 0.480 e. The number of para-hydroxylation sites is 1. The number of rotatable bonds is 7. The van der Waals surface area contributed by atoms with E-state index in [9.17, 15) is 36.0 Å². The van der Waals surface area contributed by atoms with Crippen LogP contribution in [0.4, 0.5) is 13.2 Å². The van der Waals surface area contributed by atoms with Gasteiger partial charge < -0.3 is 25.1 Å². The van der Waals surface area contributed by atoms with Crippen molar-refractivity contribution in [3.05, 3.63) is 132 Å². The molecule has 1 aliphatic heterocycles. The lowest BCUT2D eigenvalue weighted by Gasteiger charge is -2.28. The molecule has 1 unspecified atom stereocenters. The third-order valence-corrected chi connectivity index (χ3v) is 11.0. The van der Waals surface area contributed by atoms with Gasteiger partial charge in [0.1, 0.15) is 11.8 Å². The molecule has 4 atom stereocenters. The third kappa shape index (κ3) is 9.11. The molecule has 3 heterocycles. The van der Waals surface area contributed by atoms with Gasteiger partial charge in [0.25, 0.3) is 15.9 Å². The van der Waals surface area contributed by atoms with Gasteiger partial charge in [0.2, 0.25) is 5.91 Å². The summed E-state index contributed by atoms with van der Waals surface area (Å²) < 4.78 is 79.9. The van der Waals surface area contributed by atoms with Crippen LogP contribution in [0.5, 0.6) is 5.75 Å². The maximum atomic E-state index is 14.5. The molecule has 1 aliphatic rings. The average Bonchev–Trinajstić information content (AvgIpc) is 3.81. The molecule has 6 rings (SSSR count). The number of alkyl halides is 3. The Balaban J connectivity index is 1.37. The standard InChI is InChI=1S/C40H39F3N4O7S/c1-25-12-18-30(19-13-25)55(51,52)47-21-6-10-34(47)37-26(2)7-5-11-36(48)53-22-20-35(54-29-16-14-28(15-17-29)40(41,42)43)39(50)45-33(38(49)46-37)23-27-24-44-32-9-4-3-8-31(27)32/h3-10,12-19,21,24,26,33,35,37,44H,11,20,22-23H2,1-2H3,(H,45,50)(H,46,49)/b7-5+/t26-,33-,35?,37+/m0/s1. The number of aromatic nitrogens is 2. The molecule has 0 saturated heterocycles. The molecule has 11 nitrogen and oxygen atoms in total. The van der Waals surface area contributed by atoms with E-state index in [1.807, 2.05) is 31.2 Å². The Morgan fingerprint density at radius 2 is 1.64 bits per heavy atom. The fourth-order valence-electron chi connectivity index (χ4n) is 6.34. The molecule has 15 heteroatoms. The fourth-order valence-corrected chi connectivity index (χ4v) is 7.73. The number of hydrogen-bond donors (Lipinski definition) is 3. The quantitative estimate of drug-likeness (QED) is 0.128. The van der Waals surface area contributed by atoms with Gasteiger partial charge in [-0.2, -0.15) is 13.2 Å². The first-order valence-electron chi connectivity index (χ1n) is 17.5. The first-order chi connectivity index (χ1) is 26.2. The maximum Gasteiger partial charge on any atom is 0.416 e. The van der Waals surface area contributed by atoms with E-state index >= 15 is 0 Å². The predicted molar refractivity (Wildman–Crippen MR) is 197 cm³/mol. The van der Waals surface area contributed by atoms with E-state index < -0.39 is 63.7 Å². The summed E-state index contributed by atoms with van der Waals surface area (Å²) >= 11 is 0. The molecule has 0 spiro atoms. The minimum Gasteiger partial charge on any atom is -0.480 e. The summed E-state index contributed by atoms with van der Waals surface area (Å²) in [5.74, 6) is -2.71. The van der Waals surface area contributed by atoms with Gasteiger partial charge in [-0.1, -0.05) is 55.0 Å². The van der Waals surface area contributed by atoms with Crippen molar-refractivity contribution in [3.8, 4) is 5.75 Å². The Labute approximate surface area is 315 Å². The second-order valence-electron chi connectivity index (χ2n) is 13.3. The number of halogens is 3. The Morgan fingerprint density at radius 1 is 0.909 bits per heavy atom. The highest BCUT2D eigenvalue weighted by molar-refractivity contribution is 7.90. The number of aromatic amines is 1. The van der Waals surface area contributed by atoms with E-state index in [0.29, 0.717) is 5.56 Å². The van der Waals surface area contributed by atoms with Crippen LogP contribution in [0.15, 0.2) is 114 Å². The minimum atomic E-state index is -4.59. The van der Waals surface area contributed by atoms with Gasteiger partial charge in [-0.25, -0.2) is 12.4 Å². The summed E-state index contributed by atoms with van der Waals surface area (Å²) in [4.78, 5) is 44.4. The average molecular weight is 777 g/mol. The number of nitrogens with one attached hydrogen (secondary N) is 3. The van der Waals surface area contributed by atoms with Crippen LogP contribution in [-0.4, -0.2) is 53.9 Å². The van der Waals surface area contributed by atoms with Crippen molar-refractivity contribution in [1.82, 2.24) is 19.6 Å². The van der Waals surface area contributed by atoms with Crippen molar-refractivity contribution in [2.24, 2.45) is 5.92 Å². The van der Waals surface area contributed by atoms with E-state index in [0.717, 1.165) is 44.7 Å². The van der Waals surface area contributed by atoms with Crippen LogP contribution >= 0.6 is 0 Å². The van der Waals surface area contributed by atoms with Crippen LogP contribution in [0.1, 0.15) is 48.2 Å². The molecule has 0 radical (unpaired) electrons. The summed E-state index contributed by atoms with van der Waals surface area (Å²) in [6, 6.07) is 18.4. The molecule has 5 aromatic rings. The molecule has 0 aliphatic carbocycles. The number of benzene rings is 3. The lowest BCUT2D eigenvalue weighted by molar-refractivity contribution is -0.144. The van der Waals surface area contributed by atoms with Crippen molar-refractivity contribution in [2.75, 3.05) is 6.61 Å². The zero-order valence-corrected chi connectivity index (χ0v) is 30.7. The number of ether oxygens (including phenoxy) is 2. The zero-order chi connectivity index (χ0) is 39.3. The summed E-state index contributed by atoms with van der Waals surface area (Å²) in [6.07, 6.45) is -0.0283. The van der Waals surface area contributed by atoms with E-state index in [4.69, 9.17) is 9.47 Å². The first kappa shape index (κ1) is 38.9. The van der Waals surface area contributed by atoms with E-state index in [-0.39, 0.29) is 42.2 Å². The normalized spacial score (nSPS) is 21.1. The molecule has 2 amide bonds. The maximum absolute atomic E-state index is 14.5. The van der Waals surface area contributed by atoms with Gasteiger partial charge in [-0.15, -0.1) is 0 Å². The molecule has 3 aromatic carbocycles. The molecule has 0 saturated carbocycles. The van der Waals surface area contributed by atoms with Gasteiger partial charge in [0.15, 0.2) is 6.10 Å². The van der Waals surface area contributed by atoms with Crippen LogP contribution in [0.3, 0.4) is 0 Å². The number of hydrogen-bond acceptors (Lipinski definition) is 7. The molecular formula is C40H39F3N4O7S. The van der Waals surface area contributed by atoms with Crippen molar-refractivity contribution in [1.29, 1.82) is 0 Å². The van der Waals surface area contributed by atoms with Crippen LogP contribution < -0.4 is 15.4 Å². The Kier molecular flexibility index (Phi) is 11.5. The highest BCUT2D eigenvalue weighted by Gasteiger charge is 2.34. The lowest BCUT2D eigenvalue weighted by atomic mass is 9.96. The number of aryl methyl sites for hydroxylation is 1. The minimum absolute atomic E-state index is 0.0107. The number of fused-ring (bicyclic) bond motifs is 1. The SMILES string of the molecule is Cc1ccc(S(=O)(=O)n2cccc2[C@@H]2NC(=O)[C@H](Cc3c[nH]c4ccccc34)NC(=O)C(Oc3ccc(C(F)(F)F)cc3)CCOC(=O)C/C=C/[C@@H]2C)cc1. The van der Waals surface area contributed by atoms with Crippen molar-refractivity contribution < 1.29 is 45.4 Å². The lowest BCUT2D eigenvalue weighted by Crippen LogP contribution is -2.53. The number of carbonyl (C=O) groups is 3. The second-order valence-corrected chi connectivity index (χ2v) is 15.1.